The maximum Gasteiger partial charge on any atom is 0.251 e. The summed E-state index contributed by atoms with van der Waals surface area (Å²) in [5.74, 6) is 0.910. The van der Waals surface area contributed by atoms with Crippen molar-refractivity contribution in [1.82, 2.24) is 20.9 Å². The van der Waals surface area contributed by atoms with E-state index >= 15 is 0 Å². The van der Waals surface area contributed by atoms with Gasteiger partial charge in [-0.3, -0.25) is 9.59 Å². The zero-order valence-corrected chi connectivity index (χ0v) is 20.9. The second kappa shape index (κ2) is 13.5. The van der Waals surface area contributed by atoms with Crippen LogP contribution >= 0.6 is 24.0 Å². The van der Waals surface area contributed by atoms with E-state index in [1.807, 2.05) is 56.9 Å². The molecule has 0 saturated carbocycles. The Morgan fingerprint density at radius 3 is 2.50 bits per heavy atom. The topological polar surface area (TPSA) is 85.8 Å². The van der Waals surface area contributed by atoms with Crippen LogP contribution in [0.25, 0.3) is 0 Å². The third-order valence-electron chi connectivity index (χ3n) is 5.15. The third-order valence-corrected chi connectivity index (χ3v) is 5.15. The number of nitrogens with zero attached hydrogens (tertiary/aromatic N) is 2. The number of halogens is 1. The van der Waals surface area contributed by atoms with Gasteiger partial charge in [-0.25, -0.2) is 4.99 Å². The zero-order valence-electron chi connectivity index (χ0n) is 18.5. The lowest BCUT2D eigenvalue weighted by atomic mass is 10.1. The van der Waals surface area contributed by atoms with Crippen LogP contribution in [-0.2, 0) is 11.3 Å². The quantitative estimate of drug-likeness (QED) is 0.275. The average molecular weight is 529 g/mol. The number of rotatable bonds is 8. The summed E-state index contributed by atoms with van der Waals surface area (Å²) in [6.07, 6.45) is 2.38. The van der Waals surface area contributed by atoms with Gasteiger partial charge in [-0.1, -0.05) is 26.0 Å². The van der Waals surface area contributed by atoms with E-state index in [2.05, 4.69) is 20.9 Å². The highest BCUT2D eigenvalue weighted by Gasteiger charge is 2.25. The average Bonchev–Trinajstić information content (AvgIpc) is 3.20. The Balaban J connectivity index is 0.00000450. The first-order valence-electron chi connectivity index (χ1n) is 10.7. The van der Waals surface area contributed by atoms with E-state index in [4.69, 9.17) is 0 Å². The van der Waals surface area contributed by atoms with Crippen molar-refractivity contribution in [2.24, 2.45) is 4.99 Å². The molecule has 2 rings (SSSR count). The zero-order chi connectivity index (χ0) is 21.2. The summed E-state index contributed by atoms with van der Waals surface area (Å²) in [6.45, 7) is 10.8. The maximum absolute atomic E-state index is 12.2. The molecule has 0 aliphatic carbocycles. The van der Waals surface area contributed by atoms with E-state index in [1.54, 1.807) is 0 Å². The highest BCUT2D eigenvalue weighted by molar-refractivity contribution is 14.0. The molecule has 1 aromatic carbocycles. The number of likely N-dealkylation sites (tertiary alicyclic amines) is 1. The number of nitrogens with one attached hydrogen (secondary N) is 3. The van der Waals surface area contributed by atoms with Crippen LogP contribution in [0.2, 0.25) is 0 Å². The fraction of sp³-hybridized carbons (Fsp3) is 0.591. The van der Waals surface area contributed by atoms with Crippen molar-refractivity contribution in [3.63, 3.8) is 0 Å². The van der Waals surface area contributed by atoms with Crippen molar-refractivity contribution in [2.45, 2.75) is 65.6 Å². The minimum absolute atomic E-state index is 0. The van der Waals surface area contributed by atoms with Crippen molar-refractivity contribution in [1.29, 1.82) is 0 Å². The first-order chi connectivity index (χ1) is 14.0. The molecular weight excluding hydrogens is 493 g/mol. The summed E-state index contributed by atoms with van der Waals surface area (Å²) in [5.41, 5.74) is 1.70. The van der Waals surface area contributed by atoms with Crippen LogP contribution < -0.4 is 16.0 Å². The Kier molecular flexibility index (Phi) is 11.8. The summed E-state index contributed by atoms with van der Waals surface area (Å²) >= 11 is 0. The van der Waals surface area contributed by atoms with Crippen molar-refractivity contribution < 1.29 is 9.59 Å². The summed E-state index contributed by atoms with van der Waals surface area (Å²) in [5, 5.41) is 9.68. The molecule has 1 aliphatic heterocycles. The fourth-order valence-corrected chi connectivity index (χ4v) is 3.18. The van der Waals surface area contributed by atoms with E-state index in [1.165, 1.54) is 0 Å². The Labute approximate surface area is 197 Å². The molecule has 8 heteroatoms. The Morgan fingerprint density at radius 1 is 1.20 bits per heavy atom. The van der Waals surface area contributed by atoms with E-state index in [0.29, 0.717) is 18.5 Å². The van der Waals surface area contributed by atoms with Gasteiger partial charge in [0, 0.05) is 43.7 Å². The number of hydrogen-bond donors (Lipinski definition) is 3. The van der Waals surface area contributed by atoms with Crippen LogP contribution in [-0.4, -0.2) is 54.4 Å². The lowest BCUT2D eigenvalue weighted by molar-refractivity contribution is -0.129. The van der Waals surface area contributed by atoms with Gasteiger partial charge in [0.1, 0.15) is 0 Å². The summed E-state index contributed by atoms with van der Waals surface area (Å²) < 4.78 is 0. The van der Waals surface area contributed by atoms with Gasteiger partial charge in [0.25, 0.3) is 5.91 Å². The summed E-state index contributed by atoms with van der Waals surface area (Å²) in [7, 11) is 0. The van der Waals surface area contributed by atoms with Crippen LogP contribution in [0.1, 0.15) is 62.9 Å². The van der Waals surface area contributed by atoms with E-state index in [-0.39, 0.29) is 47.9 Å². The number of aliphatic imine (C=N–C) groups is 1. The molecule has 0 bridgehead atoms. The highest BCUT2D eigenvalue weighted by atomic mass is 127. The molecule has 2 amide bonds. The summed E-state index contributed by atoms with van der Waals surface area (Å²) in [4.78, 5) is 30.6. The van der Waals surface area contributed by atoms with Crippen LogP contribution in [0, 0.1) is 0 Å². The van der Waals surface area contributed by atoms with Crippen LogP contribution in [0.4, 0.5) is 0 Å². The fourth-order valence-electron chi connectivity index (χ4n) is 3.18. The van der Waals surface area contributed by atoms with Gasteiger partial charge in [0.2, 0.25) is 5.91 Å². The summed E-state index contributed by atoms with van der Waals surface area (Å²) in [6, 6.07) is 7.95. The molecule has 0 spiro atoms. The molecule has 2 atom stereocenters. The van der Waals surface area contributed by atoms with Crippen molar-refractivity contribution in [2.75, 3.05) is 19.6 Å². The van der Waals surface area contributed by atoms with Crippen LogP contribution in [0.5, 0.6) is 0 Å². The van der Waals surface area contributed by atoms with Gasteiger partial charge in [-0.05, 0) is 44.4 Å². The normalized spacial score (nSPS) is 17.1. The standard InChI is InChI=1S/C22H35N5O2.HI/c1-5-16(4)25-21(29)18-10-8-17(9-11-18)14-24-22(23-7-3)26-19-12-13-27(15-19)20(28)6-2;/h8-11,16,19H,5-7,12-15H2,1-4H3,(H,25,29)(H2,23,24,26);1H. The highest BCUT2D eigenvalue weighted by Crippen LogP contribution is 2.11. The number of amides is 2. The molecule has 168 valence electrons. The molecule has 30 heavy (non-hydrogen) atoms. The first kappa shape index (κ1) is 26.2. The smallest absolute Gasteiger partial charge is 0.251 e. The second-order valence-corrected chi connectivity index (χ2v) is 7.50. The van der Waals surface area contributed by atoms with Gasteiger partial charge in [-0.2, -0.15) is 0 Å². The van der Waals surface area contributed by atoms with E-state index in [9.17, 15) is 9.59 Å². The molecular formula is C22H36IN5O2. The van der Waals surface area contributed by atoms with Gasteiger partial charge in [-0.15, -0.1) is 24.0 Å². The van der Waals surface area contributed by atoms with Gasteiger partial charge >= 0.3 is 0 Å². The van der Waals surface area contributed by atoms with Gasteiger partial charge in [0.05, 0.1) is 6.54 Å². The minimum atomic E-state index is -0.0446. The van der Waals surface area contributed by atoms with Crippen molar-refractivity contribution >= 4 is 41.8 Å². The lowest BCUT2D eigenvalue weighted by Gasteiger charge is -2.18. The molecule has 1 saturated heterocycles. The largest absolute Gasteiger partial charge is 0.357 e. The number of guanidine groups is 1. The molecule has 0 radical (unpaired) electrons. The molecule has 1 heterocycles. The van der Waals surface area contributed by atoms with Crippen LogP contribution in [0.15, 0.2) is 29.3 Å². The Bertz CT molecular complexity index is 708. The maximum atomic E-state index is 12.2. The molecule has 2 unspecified atom stereocenters. The molecule has 0 aromatic heterocycles. The van der Waals surface area contributed by atoms with Crippen molar-refractivity contribution in [3.8, 4) is 0 Å². The number of hydrogen-bond acceptors (Lipinski definition) is 3. The number of carbonyl (C=O) groups excluding carboxylic acids is 2. The molecule has 1 aliphatic rings. The molecule has 1 aromatic rings. The number of benzene rings is 1. The monoisotopic (exact) mass is 529 g/mol. The van der Waals surface area contributed by atoms with Crippen LogP contribution in [0.3, 0.4) is 0 Å². The third kappa shape index (κ3) is 8.12. The minimum Gasteiger partial charge on any atom is -0.357 e. The number of carbonyl (C=O) groups is 2. The second-order valence-electron chi connectivity index (χ2n) is 7.50. The van der Waals surface area contributed by atoms with Gasteiger partial charge < -0.3 is 20.9 Å². The molecule has 1 fully saturated rings. The van der Waals surface area contributed by atoms with Crippen molar-refractivity contribution in [3.05, 3.63) is 35.4 Å². The lowest BCUT2D eigenvalue weighted by Crippen LogP contribution is -2.45. The Hall–Kier alpha value is -1.84. The SMILES string of the molecule is CCNC(=NCc1ccc(C(=O)NC(C)CC)cc1)NC1CCN(C(=O)CC)C1.I. The first-order valence-corrected chi connectivity index (χ1v) is 10.7. The molecule has 7 nitrogen and oxygen atoms in total. The van der Waals surface area contributed by atoms with Gasteiger partial charge in [0.15, 0.2) is 5.96 Å². The van der Waals surface area contributed by atoms with E-state index in [0.717, 1.165) is 44.0 Å². The Morgan fingerprint density at radius 2 is 1.90 bits per heavy atom. The molecule has 3 N–H and O–H groups in total. The predicted molar refractivity (Wildman–Crippen MR) is 132 cm³/mol. The van der Waals surface area contributed by atoms with E-state index < -0.39 is 0 Å². The predicted octanol–water partition coefficient (Wildman–Crippen LogP) is 2.90.